The lowest BCUT2D eigenvalue weighted by Gasteiger charge is -2.34. The van der Waals surface area contributed by atoms with Crippen LogP contribution in [0.1, 0.15) is 51.4 Å². The lowest BCUT2D eigenvalue weighted by molar-refractivity contribution is 0.176. The van der Waals surface area contributed by atoms with Crippen LogP contribution in [0.25, 0.3) is 0 Å². The molecular weight excluding hydrogens is 179 g/mol. The molecule has 1 saturated carbocycles. The first-order valence-corrected chi connectivity index (χ1v) is 7.40. The summed E-state index contributed by atoms with van der Waals surface area (Å²) in [6, 6.07) is 0. The highest BCUT2D eigenvalue weighted by Crippen LogP contribution is 2.43. The Morgan fingerprint density at radius 1 is 0.600 bits per heavy atom. The van der Waals surface area contributed by atoms with E-state index in [2.05, 4.69) is 0 Å². The van der Waals surface area contributed by atoms with Gasteiger partial charge in [-0.05, 0) is 37.0 Å². The van der Waals surface area contributed by atoms with Crippen LogP contribution in [-0.2, 0) is 0 Å². The summed E-state index contributed by atoms with van der Waals surface area (Å²) in [5, 5.41) is 0. The quantitative estimate of drug-likeness (QED) is 0.510. The minimum atomic E-state index is 1.11. The lowest BCUT2D eigenvalue weighted by atomic mass is 9.41. The predicted octanol–water partition coefficient (Wildman–Crippen LogP) is 4.49. The summed E-state index contributed by atoms with van der Waals surface area (Å²) in [5.74, 6) is 3.39. The molecule has 1 aliphatic carbocycles. The van der Waals surface area contributed by atoms with Gasteiger partial charge in [-0.3, -0.25) is 0 Å². The van der Waals surface area contributed by atoms with Gasteiger partial charge in [0.25, 0.3) is 0 Å². The van der Waals surface area contributed by atoms with E-state index in [0.29, 0.717) is 0 Å². The molecule has 0 N–H and O–H groups in total. The molecule has 2 aliphatic heterocycles. The number of hydrogen-bond donors (Lipinski definition) is 0. The molecule has 4 bridgehead atoms. The first-order valence-electron chi connectivity index (χ1n) is 7.40. The van der Waals surface area contributed by atoms with E-state index in [1.165, 1.54) is 0 Å². The molecule has 0 radical (unpaired) electrons. The van der Waals surface area contributed by atoms with Crippen LogP contribution in [0.3, 0.4) is 0 Å². The zero-order chi connectivity index (χ0) is 10.1. The van der Waals surface area contributed by atoms with Gasteiger partial charge in [-0.1, -0.05) is 51.1 Å². The van der Waals surface area contributed by atoms with Crippen molar-refractivity contribution >= 4 is 6.71 Å². The fourth-order valence-electron chi connectivity index (χ4n) is 4.70. The second kappa shape index (κ2) is 4.51. The second-order valence-corrected chi connectivity index (χ2v) is 6.61. The first-order chi connectivity index (χ1) is 7.40. The van der Waals surface area contributed by atoms with Crippen LogP contribution < -0.4 is 0 Å². The SMILES string of the molecule is C1CB2CCCC3CC(C1)CC(CC2)C3. The summed E-state index contributed by atoms with van der Waals surface area (Å²) in [5.41, 5.74) is 0. The fourth-order valence-corrected chi connectivity index (χ4v) is 4.70. The third kappa shape index (κ3) is 2.42. The average molecular weight is 204 g/mol. The highest BCUT2D eigenvalue weighted by Gasteiger charge is 2.32. The van der Waals surface area contributed by atoms with Gasteiger partial charge in [-0.2, -0.15) is 0 Å². The molecule has 0 nitrogen and oxygen atoms in total. The Kier molecular flexibility index (Phi) is 3.08. The van der Waals surface area contributed by atoms with E-state index >= 15 is 0 Å². The zero-order valence-electron chi connectivity index (χ0n) is 10.1. The van der Waals surface area contributed by atoms with Crippen LogP contribution in [0.15, 0.2) is 0 Å². The van der Waals surface area contributed by atoms with Crippen molar-refractivity contribution in [1.29, 1.82) is 0 Å². The molecule has 2 heterocycles. The topological polar surface area (TPSA) is 0 Å². The summed E-state index contributed by atoms with van der Waals surface area (Å²) in [6.45, 7) is 1.11. The molecule has 3 aliphatic rings. The summed E-state index contributed by atoms with van der Waals surface area (Å²) in [4.78, 5) is 0. The highest BCUT2D eigenvalue weighted by atomic mass is 14.3. The molecule has 0 aromatic rings. The molecule has 1 heteroatoms. The minimum absolute atomic E-state index is 1.11. The van der Waals surface area contributed by atoms with Gasteiger partial charge in [0.05, 0.1) is 0 Å². The van der Waals surface area contributed by atoms with Crippen LogP contribution in [0.5, 0.6) is 0 Å². The molecule has 2 unspecified atom stereocenters. The molecule has 0 amide bonds. The van der Waals surface area contributed by atoms with Crippen LogP contribution in [0, 0.1) is 17.8 Å². The third-order valence-corrected chi connectivity index (χ3v) is 5.43. The van der Waals surface area contributed by atoms with Crippen LogP contribution in [0.4, 0.5) is 0 Å². The number of rotatable bonds is 0. The Bertz CT molecular complexity index is 191. The molecule has 2 saturated heterocycles. The average Bonchev–Trinajstić information content (AvgIpc) is 2.34. The Morgan fingerprint density at radius 2 is 1.13 bits per heavy atom. The largest absolute Gasteiger partial charge is 0.139 e. The maximum Gasteiger partial charge on any atom is 0.139 e. The van der Waals surface area contributed by atoms with Crippen molar-refractivity contribution < 1.29 is 0 Å². The summed E-state index contributed by atoms with van der Waals surface area (Å²) in [7, 11) is 0. The van der Waals surface area contributed by atoms with E-state index in [-0.39, 0.29) is 0 Å². The maximum atomic E-state index is 1.60. The number of hydrogen-bond acceptors (Lipinski definition) is 0. The van der Waals surface area contributed by atoms with Crippen LogP contribution in [-0.4, -0.2) is 6.71 Å². The maximum absolute atomic E-state index is 1.60. The minimum Gasteiger partial charge on any atom is -0.0741 e. The molecule has 84 valence electrons. The zero-order valence-corrected chi connectivity index (χ0v) is 10.1. The number of fused-ring (bicyclic) bond motifs is 4. The standard InChI is InChI=1S/C14H25B/c1-3-12-9-13-4-2-7-15(6-1)8-5-14(10-12)11-13/h12-14H,1-11H2. The monoisotopic (exact) mass is 204 g/mol. The lowest BCUT2D eigenvalue weighted by Crippen LogP contribution is -2.22. The van der Waals surface area contributed by atoms with E-state index in [1.807, 2.05) is 0 Å². The molecule has 3 fully saturated rings. The van der Waals surface area contributed by atoms with Crippen molar-refractivity contribution in [3.63, 3.8) is 0 Å². The van der Waals surface area contributed by atoms with Gasteiger partial charge in [0.15, 0.2) is 0 Å². The van der Waals surface area contributed by atoms with E-state index in [9.17, 15) is 0 Å². The van der Waals surface area contributed by atoms with Gasteiger partial charge in [0.2, 0.25) is 0 Å². The van der Waals surface area contributed by atoms with Crippen molar-refractivity contribution in [2.75, 3.05) is 0 Å². The molecule has 2 atom stereocenters. The normalized spacial score (nSPS) is 41.6. The van der Waals surface area contributed by atoms with Gasteiger partial charge < -0.3 is 0 Å². The van der Waals surface area contributed by atoms with Crippen molar-refractivity contribution in [2.24, 2.45) is 17.8 Å². The van der Waals surface area contributed by atoms with Gasteiger partial charge in [-0.15, -0.1) is 0 Å². The van der Waals surface area contributed by atoms with E-state index < -0.39 is 0 Å². The van der Waals surface area contributed by atoms with E-state index in [1.54, 1.807) is 70.3 Å². The molecule has 0 spiro atoms. The molecule has 3 rings (SSSR count). The Labute approximate surface area is 95.3 Å². The molecular formula is C14H25B. The summed E-state index contributed by atoms with van der Waals surface area (Å²) in [6.07, 6.45) is 17.3. The van der Waals surface area contributed by atoms with Crippen molar-refractivity contribution in [1.82, 2.24) is 0 Å². The van der Waals surface area contributed by atoms with Crippen molar-refractivity contribution in [3.8, 4) is 0 Å². The fraction of sp³-hybridized carbons (Fsp3) is 1.00. The molecule has 15 heavy (non-hydrogen) atoms. The third-order valence-electron chi connectivity index (χ3n) is 5.43. The van der Waals surface area contributed by atoms with Crippen molar-refractivity contribution in [3.05, 3.63) is 0 Å². The van der Waals surface area contributed by atoms with Gasteiger partial charge in [-0.25, -0.2) is 0 Å². The Balaban J connectivity index is 1.78. The van der Waals surface area contributed by atoms with Crippen molar-refractivity contribution in [2.45, 2.75) is 70.3 Å². The summed E-state index contributed by atoms with van der Waals surface area (Å²) >= 11 is 0. The van der Waals surface area contributed by atoms with Gasteiger partial charge in [0, 0.05) is 0 Å². The molecule has 0 aromatic heterocycles. The molecule has 0 aromatic carbocycles. The van der Waals surface area contributed by atoms with E-state index in [0.717, 1.165) is 24.5 Å². The van der Waals surface area contributed by atoms with Crippen LogP contribution in [0.2, 0.25) is 19.0 Å². The Hall–Kier alpha value is 0.0649. The smallest absolute Gasteiger partial charge is 0.0741 e. The van der Waals surface area contributed by atoms with E-state index in [4.69, 9.17) is 0 Å². The van der Waals surface area contributed by atoms with Crippen LogP contribution >= 0.6 is 0 Å². The highest BCUT2D eigenvalue weighted by molar-refractivity contribution is 6.58. The predicted molar refractivity (Wildman–Crippen MR) is 67.6 cm³/mol. The second-order valence-electron chi connectivity index (χ2n) is 6.61. The van der Waals surface area contributed by atoms with Gasteiger partial charge >= 0.3 is 0 Å². The first kappa shape index (κ1) is 10.2. The Morgan fingerprint density at radius 3 is 1.73 bits per heavy atom. The summed E-state index contributed by atoms with van der Waals surface area (Å²) < 4.78 is 0. The van der Waals surface area contributed by atoms with Gasteiger partial charge in [0.1, 0.15) is 6.71 Å².